The van der Waals surface area contributed by atoms with Gasteiger partial charge in [0.2, 0.25) is 0 Å². The van der Waals surface area contributed by atoms with Gasteiger partial charge in [-0.15, -0.1) is 11.3 Å². The molecule has 2 aromatic heterocycles. The van der Waals surface area contributed by atoms with Gasteiger partial charge in [-0.3, -0.25) is 4.40 Å². The number of thiazole rings is 1. The van der Waals surface area contributed by atoms with Crippen molar-refractivity contribution in [3.63, 3.8) is 0 Å². The average Bonchev–Trinajstić information content (AvgIpc) is 2.95. The van der Waals surface area contributed by atoms with E-state index in [4.69, 9.17) is 0 Å². The van der Waals surface area contributed by atoms with Gasteiger partial charge in [0.15, 0.2) is 4.96 Å². The maximum absolute atomic E-state index is 4.68. The Morgan fingerprint density at radius 1 is 1.32 bits per heavy atom. The molecule has 2 heterocycles. The second-order valence-corrected chi connectivity index (χ2v) is 6.01. The van der Waals surface area contributed by atoms with Crippen LogP contribution in [0.15, 0.2) is 17.8 Å². The molecule has 4 heteroatoms. The summed E-state index contributed by atoms with van der Waals surface area (Å²) in [6.07, 6.45) is 11.9. The number of aromatic nitrogens is 2. The minimum atomic E-state index is 0.575. The lowest BCUT2D eigenvalue weighted by molar-refractivity contribution is 0.460. The molecule has 1 N–H and O–H groups in total. The first-order chi connectivity index (χ1) is 9.33. The molecule has 0 fully saturated rings. The van der Waals surface area contributed by atoms with Crippen molar-refractivity contribution in [2.75, 3.05) is 6.54 Å². The van der Waals surface area contributed by atoms with E-state index >= 15 is 0 Å². The smallest absolute Gasteiger partial charge is 0.193 e. The van der Waals surface area contributed by atoms with Crippen LogP contribution in [0.1, 0.15) is 51.6 Å². The fourth-order valence-electron chi connectivity index (χ4n) is 2.51. The maximum atomic E-state index is 4.68. The van der Waals surface area contributed by atoms with Crippen LogP contribution in [-0.2, 0) is 6.42 Å². The Labute approximate surface area is 120 Å². The number of nitrogens with zero attached hydrogens (tertiary/aromatic N) is 2. The molecule has 1 atom stereocenters. The van der Waals surface area contributed by atoms with Crippen LogP contribution in [0, 0.1) is 0 Å². The molecule has 1 unspecified atom stereocenters. The molecule has 0 saturated heterocycles. The molecule has 2 rings (SSSR count). The fourth-order valence-corrected chi connectivity index (χ4v) is 3.23. The van der Waals surface area contributed by atoms with Gasteiger partial charge in [0, 0.05) is 30.2 Å². The summed E-state index contributed by atoms with van der Waals surface area (Å²) in [6, 6.07) is 0.575. The Bertz CT molecular complexity index is 446. The molecule has 0 amide bonds. The monoisotopic (exact) mass is 279 g/mol. The van der Waals surface area contributed by atoms with E-state index in [2.05, 4.69) is 46.3 Å². The van der Waals surface area contributed by atoms with Crippen molar-refractivity contribution in [3.05, 3.63) is 23.5 Å². The van der Waals surface area contributed by atoms with Gasteiger partial charge >= 0.3 is 0 Å². The third-order valence-corrected chi connectivity index (χ3v) is 4.27. The third kappa shape index (κ3) is 4.32. The van der Waals surface area contributed by atoms with Gasteiger partial charge in [0.1, 0.15) is 0 Å². The zero-order chi connectivity index (χ0) is 13.5. The number of nitrogens with one attached hydrogen (secondary N) is 1. The van der Waals surface area contributed by atoms with Crippen molar-refractivity contribution >= 4 is 16.3 Å². The highest BCUT2D eigenvalue weighted by Crippen LogP contribution is 2.14. The van der Waals surface area contributed by atoms with Crippen LogP contribution in [0.2, 0.25) is 0 Å². The van der Waals surface area contributed by atoms with Crippen molar-refractivity contribution in [2.24, 2.45) is 0 Å². The molecule has 3 nitrogen and oxygen atoms in total. The molecular formula is C15H25N3S. The lowest BCUT2D eigenvalue weighted by Gasteiger charge is -2.16. The molecule has 0 bridgehead atoms. The van der Waals surface area contributed by atoms with Crippen LogP contribution in [0.3, 0.4) is 0 Å². The van der Waals surface area contributed by atoms with Crippen LogP contribution in [0.4, 0.5) is 0 Å². The normalized spacial score (nSPS) is 13.2. The van der Waals surface area contributed by atoms with E-state index in [-0.39, 0.29) is 0 Å². The Morgan fingerprint density at radius 3 is 2.95 bits per heavy atom. The zero-order valence-corrected chi connectivity index (χ0v) is 12.9. The summed E-state index contributed by atoms with van der Waals surface area (Å²) in [5, 5.41) is 5.68. The van der Waals surface area contributed by atoms with Crippen molar-refractivity contribution in [1.29, 1.82) is 0 Å². The largest absolute Gasteiger partial charge is 0.314 e. The Morgan fingerprint density at radius 2 is 2.21 bits per heavy atom. The molecule has 0 aliphatic rings. The topological polar surface area (TPSA) is 29.3 Å². The Balaban J connectivity index is 1.86. The van der Waals surface area contributed by atoms with Gasteiger partial charge in [-0.2, -0.15) is 0 Å². The summed E-state index contributed by atoms with van der Waals surface area (Å²) in [7, 11) is 0. The molecule has 19 heavy (non-hydrogen) atoms. The van der Waals surface area contributed by atoms with Gasteiger partial charge in [-0.05, 0) is 13.0 Å². The molecule has 106 valence electrons. The molecule has 2 aromatic rings. The first-order valence-electron chi connectivity index (χ1n) is 7.48. The van der Waals surface area contributed by atoms with E-state index in [1.165, 1.54) is 37.8 Å². The zero-order valence-electron chi connectivity index (χ0n) is 12.1. The van der Waals surface area contributed by atoms with E-state index in [9.17, 15) is 0 Å². The van der Waals surface area contributed by atoms with Crippen LogP contribution in [-0.4, -0.2) is 22.0 Å². The highest BCUT2D eigenvalue weighted by atomic mass is 32.1. The fraction of sp³-hybridized carbons (Fsp3) is 0.667. The predicted molar refractivity (Wildman–Crippen MR) is 83.0 cm³/mol. The number of rotatable bonds is 9. The lowest BCUT2D eigenvalue weighted by Crippen LogP contribution is -2.31. The second kappa shape index (κ2) is 7.65. The highest BCUT2D eigenvalue weighted by Gasteiger charge is 2.11. The average molecular weight is 279 g/mol. The molecule has 0 saturated carbocycles. The van der Waals surface area contributed by atoms with Crippen LogP contribution < -0.4 is 5.32 Å². The van der Waals surface area contributed by atoms with E-state index < -0.39 is 0 Å². The molecule has 0 aliphatic carbocycles. The summed E-state index contributed by atoms with van der Waals surface area (Å²) >= 11 is 1.70. The SMILES string of the molecule is CCCCCCC(Cc1cn2ccsc2n1)NCC. The Hall–Kier alpha value is -0.870. The Kier molecular flexibility index (Phi) is 5.86. The number of hydrogen-bond donors (Lipinski definition) is 1. The van der Waals surface area contributed by atoms with Gasteiger partial charge in [-0.25, -0.2) is 4.98 Å². The first-order valence-corrected chi connectivity index (χ1v) is 8.36. The summed E-state index contributed by atoms with van der Waals surface area (Å²) in [5.74, 6) is 0. The highest BCUT2D eigenvalue weighted by molar-refractivity contribution is 7.15. The maximum Gasteiger partial charge on any atom is 0.193 e. The minimum absolute atomic E-state index is 0.575. The van der Waals surface area contributed by atoms with Crippen molar-refractivity contribution < 1.29 is 0 Å². The molecular weight excluding hydrogens is 254 g/mol. The third-order valence-electron chi connectivity index (χ3n) is 3.50. The second-order valence-electron chi connectivity index (χ2n) is 5.13. The number of imidazole rings is 1. The summed E-state index contributed by atoms with van der Waals surface area (Å²) in [6.45, 7) is 5.49. The van der Waals surface area contributed by atoms with Gasteiger partial charge < -0.3 is 5.32 Å². The van der Waals surface area contributed by atoms with Crippen molar-refractivity contribution in [2.45, 2.75) is 58.4 Å². The number of hydrogen-bond acceptors (Lipinski definition) is 3. The molecule has 0 aromatic carbocycles. The first kappa shape index (κ1) is 14.5. The summed E-state index contributed by atoms with van der Waals surface area (Å²) in [4.78, 5) is 5.79. The lowest BCUT2D eigenvalue weighted by atomic mass is 10.0. The number of fused-ring (bicyclic) bond motifs is 1. The minimum Gasteiger partial charge on any atom is -0.314 e. The molecule has 0 aliphatic heterocycles. The van der Waals surface area contributed by atoms with Gasteiger partial charge in [0.25, 0.3) is 0 Å². The predicted octanol–water partition coefficient (Wildman–Crippen LogP) is 3.89. The number of likely N-dealkylation sites (N-methyl/N-ethyl adjacent to an activating group) is 1. The standard InChI is InChI=1S/C15H25N3S/c1-3-5-6-7-8-13(16-4-2)11-14-12-18-9-10-19-15(18)17-14/h9-10,12-13,16H,3-8,11H2,1-2H3. The van der Waals surface area contributed by atoms with Crippen molar-refractivity contribution in [1.82, 2.24) is 14.7 Å². The van der Waals surface area contributed by atoms with Crippen LogP contribution in [0.25, 0.3) is 4.96 Å². The van der Waals surface area contributed by atoms with Gasteiger partial charge in [-0.1, -0.05) is 39.5 Å². The summed E-state index contributed by atoms with van der Waals surface area (Å²) < 4.78 is 2.13. The van der Waals surface area contributed by atoms with E-state index in [1.807, 2.05) is 0 Å². The van der Waals surface area contributed by atoms with E-state index in [0.717, 1.165) is 17.9 Å². The van der Waals surface area contributed by atoms with Gasteiger partial charge in [0.05, 0.1) is 5.69 Å². The van der Waals surface area contributed by atoms with E-state index in [1.54, 1.807) is 11.3 Å². The van der Waals surface area contributed by atoms with Crippen LogP contribution >= 0.6 is 11.3 Å². The summed E-state index contributed by atoms with van der Waals surface area (Å²) in [5.41, 5.74) is 1.22. The van der Waals surface area contributed by atoms with E-state index in [0.29, 0.717) is 6.04 Å². The molecule has 0 spiro atoms. The molecule has 0 radical (unpaired) electrons. The number of unbranched alkanes of at least 4 members (excludes halogenated alkanes) is 3. The van der Waals surface area contributed by atoms with Crippen molar-refractivity contribution in [3.8, 4) is 0 Å². The quantitative estimate of drug-likeness (QED) is 0.706. The van der Waals surface area contributed by atoms with Crippen LogP contribution in [0.5, 0.6) is 0 Å².